The predicted octanol–water partition coefficient (Wildman–Crippen LogP) is 3.50. The molecule has 0 spiro atoms. The van der Waals surface area contributed by atoms with Gasteiger partial charge in [-0.05, 0) is 31.5 Å². The van der Waals surface area contributed by atoms with Crippen molar-refractivity contribution < 1.29 is 4.79 Å². The van der Waals surface area contributed by atoms with E-state index in [1.165, 1.54) is 11.8 Å². The van der Waals surface area contributed by atoms with Crippen LogP contribution in [0.5, 0.6) is 0 Å². The highest BCUT2D eigenvalue weighted by Crippen LogP contribution is 2.25. The summed E-state index contributed by atoms with van der Waals surface area (Å²) < 4.78 is 1.89. The van der Waals surface area contributed by atoms with Crippen molar-refractivity contribution in [3.8, 4) is 0 Å². The Balaban J connectivity index is 2.04. The quantitative estimate of drug-likeness (QED) is 0.879. The Labute approximate surface area is 127 Å². The summed E-state index contributed by atoms with van der Waals surface area (Å²) in [5, 5.41) is 4.12. The SMILES string of the molecule is Cc1c(Cl)cccc1NC(=O)C(C)Sc1nccn1C. The molecule has 1 aromatic carbocycles. The first-order valence-corrected chi connectivity index (χ1v) is 7.44. The van der Waals surface area contributed by atoms with E-state index < -0.39 is 0 Å². The van der Waals surface area contributed by atoms with Gasteiger partial charge in [0.1, 0.15) is 0 Å². The van der Waals surface area contributed by atoms with Gasteiger partial charge in [0.15, 0.2) is 5.16 Å². The molecule has 0 saturated carbocycles. The Morgan fingerprint density at radius 3 is 2.90 bits per heavy atom. The first-order valence-electron chi connectivity index (χ1n) is 6.19. The Morgan fingerprint density at radius 2 is 2.25 bits per heavy atom. The van der Waals surface area contributed by atoms with Crippen LogP contribution in [0.4, 0.5) is 5.69 Å². The lowest BCUT2D eigenvalue weighted by atomic mass is 10.2. The van der Waals surface area contributed by atoms with Gasteiger partial charge in [-0.2, -0.15) is 0 Å². The van der Waals surface area contributed by atoms with Gasteiger partial charge in [-0.15, -0.1) is 0 Å². The minimum absolute atomic E-state index is 0.0663. The number of anilines is 1. The van der Waals surface area contributed by atoms with Crippen LogP contribution in [0.2, 0.25) is 5.02 Å². The Kier molecular flexibility index (Phi) is 4.73. The lowest BCUT2D eigenvalue weighted by Crippen LogP contribution is -2.23. The van der Waals surface area contributed by atoms with Crippen molar-refractivity contribution in [2.75, 3.05) is 5.32 Å². The van der Waals surface area contributed by atoms with Crippen LogP contribution < -0.4 is 5.32 Å². The maximum absolute atomic E-state index is 12.2. The third-order valence-electron chi connectivity index (χ3n) is 2.95. The number of halogens is 1. The van der Waals surface area contributed by atoms with Crippen molar-refractivity contribution in [1.82, 2.24) is 9.55 Å². The van der Waals surface area contributed by atoms with Crippen LogP contribution in [0, 0.1) is 6.92 Å². The molecule has 1 atom stereocenters. The lowest BCUT2D eigenvalue weighted by Gasteiger charge is -2.13. The number of nitrogens with one attached hydrogen (secondary N) is 1. The van der Waals surface area contributed by atoms with E-state index in [4.69, 9.17) is 11.6 Å². The van der Waals surface area contributed by atoms with Crippen LogP contribution in [-0.4, -0.2) is 20.7 Å². The number of rotatable bonds is 4. The minimum atomic E-state index is -0.241. The van der Waals surface area contributed by atoms with Gasteiger partial charge in [0.05, 0.1) is 5.25 Å². The number of benzene rings is 1. The lowest BCUT2D eigenvalue weighted by molar-refractivity contribution is -0.115. The van der Waals surface area contributed by atoms with Crippen LogP contribution in [0.25, 0.3) is 0 Å². The zero-order valence-electron chi connectivity index (χ0n) is 11.6. The molecule has 2 rings (SSSR count). The summed E-state index contributed by atoms with van der Waals surface area (Å²) in [4.78, 5) is 16.4. The van der Waals surface area contributed by atoms with E-state index >= 15 is 0 Å². The van der Waals surface area contributed by atoms with Gasteiger partial charge in [0.25, 0.3) is 0 Å². The molecule has 1 amide bonds. The summed E-state index contributed by atoms with van der Waals surface area (Å²) in [6.45, 7) is 3.74. The van der Waals surface area contributed by atoms with E-state index in [1.807, 2.05) is 43.8 Å². The maximum atomic E-state index is 12.2. The smallest absolute Gasteiger partial charge is 0.237 e. The number of hydrogen-bond acceptors (Lipinski definition) is 3. The second-order valence-electron chi connectivity index (χ2n) is 4.48. The van der Waals surface area contributed by atoms with Gasteiger partial charge in [-0.3, -0.25) is 4.79 Å². The molecule has 1 aromatic heterocycles. The average Bonchev–Trinajstić information content (AvgIpc) is 2.80. The third kappa shape index (κ3) is 3.35. The van der Waals surface area contributed by atoms with Crippen molar-refractivity contribution >= 4 is 35.0 Å². The summed E-state index contributed by atoms with van der Waals surface area (Å²) in [7, 11) is 1.90. The van der Waals surface area contributed by atoms with E-state index in [2.05, 4.69) is 10.3 Å². The molecule has 4 nitrogen and oxygen atoms in total. The number of thioether (sulfide) groups is 1. The molecule has 20 heavy (non-hydrogen) atoms. The van der Waals surface area contributed by atoms with Gasteiger partial charge < -0.3 is 9.88 Å². The van der Waals surface area contributed by atoms with Gasteiger partial charge in [0.2, 0.25) is 5.91 Å². The van der Waals surface area contributed by atoms with E-state index in [0.29, 0.717) is 5.02 Å². The van der Waals surface area contributed by atoms with Crippen LogP contribution in [0.3, 0.4) is 0 Å². The van der Waals surface area contributed by atoms with Crippen molar-refractivity contribution in [2.45, 2.75) is 24.3 Å². The Hall–Kier alpha value is -1.46. The van der Waals surface area contributed by atoms with E-state index in [9.17, 15) is 4.79 Å². The molecule has 0 bridgehead atoms. The molecule has 6 heteroatoms. The third-order valence-corrected chi connectivity index (χ3v) is 4.54. The van der Waals surface area contributed by atoms with Crippen molar-refractivity contribution in [2.24, 2.45) is 7.05 Å². The molecule has 1 unspecified atom stereocenters. The molecule has 2 aromatic rings. The summed E-state index contributed by atoms with van der Waals surface area (Å²) in [6, 6.07) is 5.47. The first-order chi connectivity index (χ1) is 9.49. The molecule has 1 N–H and O–H groups in total. The highest BCUT2D eigenvalue weighted by Gasteiger charge is 2.17. The molecule has 0 fully saturated rings. The number of nitrogens with zero attached hydrogens (tertiary/aromatic N) is 2. The van der Waals surface area contributed by atoms with Gasteiger partial charge >= 0.3 is 0 Å². The molecule has 1 heterocycles. The van der Waals surface area contributed by atoms with Crippen LogP contribution in [-0.2, 0) is 11.8 Å². The molecular formula is C14H16ClN3OS. The fraction of sp³-hybridized carbons (Fsp3) is 0.286. The highest BCUT2D eigenvalue weighted by atomic mass is 35.5. The molecular weight excluding hydrogens is 294 g/mol. The number of hydrogen-bond donors (Lipinski definition) is 1. The predicted molar refractivity (Wildman–Crippen MR) is 83.3 cm³/mol. The molecule has 0 aliphatic rings. The normalized spacial score (nSPS) is 12.2. The Morgan fingerprint density at radius 1 is 1.50 bits per heavy atom. The number of amides is 1. The van der Waals surface area contributed by atoms with Crippen LogP contribution in [0.15, 0.2) is 35.7 Å². The second kappa shape index (κ2) is 6.33. The fourth-order valence-corrected chi connectivity index (χ4v) is 2.66. The maximum Gasteiger partial charge on any atom is 0.237 e. The molecule has 0 aliphatic heterocycles. The molecule has 0 saturated heterocycles. The summed E-state index contributed by atoms with van der Waals surface area (Å²) >= 11 is 7.46. The van der Waals surface area contributed by atoms with Crippen molar-refractivity contribution in [3.63, 3.8) is 0 Å². The number of aromatic nitrogens is 2. The largest absolute Gasteiger partial charge is 0.329 e. The number of aryl methyl sites for hydroxylation is 1. The summed E-state index contributed by atoms with van der Waals surface area (Å²) in [6.07, 6.45) is 3.57. The van der Waals surface area contributed by atoms with Crippen molar-refractivity contribution in [1.29, 1.82) is 0 Å². The highest BCUT2D eigenvalue weighted by molar-refractivity contribution is 8.00. The standard InChI is InChI=1S/C14H16ClN3OS/c1-9-11(15)5-4-6-12(9)17-13(19)10(2)20-14-16-7-8-18(14)3/h4-8,10H,1-3H3,(H,17,19). The monoisotopic (exact) mass is 309 g/mol. The topological polar surface area (TPSA) is 46.9 Å². The van der Waals surface area contributed by atoms with E-state index in [1.54, 1.807) is 12.3 Å². The minimum Gasteiger partial charge on any atom is -0.329 e. The second-order valence-corrected chi connectivity index (χ2v) is 6.20. The number of carbonyl (C=O) groups is 1. The molecule has 0 aliphatic carbocycles. The summed E-state index contributed by atoms with van der Waals surface area (Å²) in [5.74, 6) is -0.0663. The first kappa shape index (κ1) is 14.9. The van der Waals surface area contributed by atoms with Gasteiger partial charge in [-0.1, -0.05) is 29.4 Å². The van der Waals surface area contributed by atoms with Crippen molar-refractivity contribution in [3.05, 3.63) is 41.2 Å². The fourth-order valence-electron chi connectivity index (χ4n) is 1.65. The molecule has 106 valence electrons. The van der Waals surface area contributed by atoms with Gasteiger partial charge in [-0.25, -0.2) is 4.98 Å². The van der Waals surface area contributed by atoms with E-state index in [0.717, 1.165) is 16.4 Å². The van der Waals surface area contributed by atoms with Gasteiger partial charge in [0, 0.05) is 30.2 Å². The number of imidazole rings is 1. The van der Waals surface area contributed by atoms with Crippen LogP contribution in [0.1, 0.15) is 12.5 Å². The summed E-state index contributed by atoms with van der Waals surface area (Å²) in [5.41, 5.74) is 1.62. The van der Waals surface area contributed by atoms with E-state index in [-0.39, 0.29) is 11.2 Å². The van der Waals surface area contributed by atoms with Crippen LogP contribution >= 0.6 is 23.4 Å². The molecule has 0 radical (unpaired) electrons. The Bertz CT molecular complexity index is 627. The zero-order chi connectivity index (χ0) is 14.7. The number of carbonyl (C=O) groups excluding carboxylic acids is 1. The average molecular weight is 310 g/mol. The zero-order valence-corrected chi connectivity index (χ0v) is 13.1.